The summed E-state index contributed by atoms with van der Waals surface area (Å²) in [6.07, 6.45) is -12.3. The molecule has 2 amide bonds. The number of fused-ring (bicyclic) bond motifs is 1. The molecular formula is C28H29Cl3F6N2O6. The van der Waals surface area contributed by atoms with Crippen molar-refractivity contribution < 1.29 is 54.9 Å². The monoisotopic (exact) mass is 708 g/mol. The minimum absolute atomic E-state index is 0.0106. The number of hydrogen-bond donors (Lipinski definition) is 0. The topological polar surface area (TPSA) is 77.5 Å². The third-order valence-corrected chi connectivity index (χ3v) is 8.53. The summed E-state index contributed by atoms with van der Waals surface area (Å²) in [7, 11) is 3.65. The van der Waals surface area contributed by atoms with Gasteiger partial charge in [-0.2, -0.15) is 26.3 Å². The highest BCUT2D eigenvalue weighted by molar-refractivity contribution is 6.68. The largest absolute Gasteiger partial charge is 0.493 e. The fourth-order valence-corrected chi connectivity index (χ4v) is 4.89. The van der Waals surface area contributed by atoms with Crippen molar-refractivity contribution in [2.24, 2.45) is 0 Å². The molecule has 2 unspecified atom stereocenters. The minimum Gasteiger partial charge on any atom is -0.493 e. The zero-order chi connectivity index (χ0) is 34.3. The molecule has 2 aromatic carbocycles. The molecule has 1 aliphatic rings. The Bertz CT molecular complexity index is 1400. The highest BCUT2D eigenvalue weighted by Gasteiger charge is 2.47. The number of nitrogens with zero attached hydrogens (tertiary/aromatic N) is 2. The molecule has 0 saturated heterocycles. The van der Waals surface area contributed by atoms with Gasteiger partial charge in [0.1, 0.15) is 0 Å². The maximum Gasteiger partial charge on any atom is 0.416 e. The number of amides is 2. The predicted molar refractivity (Wildman–Crippen MR) is 154 cm³/mol. The Morgan fingerprint density at radius 2 is 1.40 bits per heavy atom. The molecule has 0 fully saturated rings. The van der Waals surface area contributed by atoms with Crippen molar-refractivity contribution in [2.75, 3.05) is 26.2 Å². The quantitative estimate of drug-likeness (QED) is 0.220. The van der Waals surface area contributed by atoms with E-state index in [2.05, 4.69) is 0 Å². The average Bonchev–Trinajstić information content (AvgIpc) is 2.92. The maximum absolute atomic E-state index is 13.6. The highest BCUT2D eigenvalue weighted by Crippen LogP contribution is 2.48. The lowest BCUT2D eigenvalue weighted by molar-refractivity contribution is -0.143. The van der Waals surface area contributed by atoms with E-state index in [9.17, 15) is 35.9 Å². The van der Waals surface area contributed by atoms with E-state index in [0.29, 0.717) is 12.1 Å². The zero-order valence-corrected chi connectivity index (χ0v) is 27.0. The molecule has 0 aromatic heterocycles. The minimum atomic E-state index is -5.11. The van der Waals surface area contributed by atoms with E-state index in [0.717, 1.165) is 12.0 Å². The third-order valence-electron chi connectivity index (χ3n) is 7.16. The van der Waals surface area contributed by atoms with Gasteiger partial charge in [0.05, 0.1) is 44.2 Å². The first kappa shape index (κ1) is 36.5. The molecule has 0 spiro atoms. The SMILES string of the molecule is COC(=O)N(Cc1cc(C(F)(F)F)cc(C(F)(F)F)c1)C1CC(C)N(C(=O)OC(C)(C)C(Cl)(Cl)Cl)c2cc(OC)c(OC)cc21. The van der Waals surface area contributed by atoms with E-state index in [1.54, 1.807) is 6.92 Å². The lowest BCUT2D eigenvalue weighted by Crippen LogP contribution is -2.51. The molecule has 1 aliphatic heterocycles. The number of methoxy groups -OCH3 is 3. The van der Waals surface area contributed by atoms with Crippen molar-refractivity contribution in [2.45, 2.75) is 67.6 Å². The molecule has 17 heteroatoms. The molecule has 8 nitrogen and oxygen atoms in total. The van der Waals surface area contributed by atoms with E-state index in [4.69, 9.17) is 53.8 Å². The standard InChI is InChI=1S/C28H29Cl3F6N2O6/c1-14-7-19(38(23(40)44-6)13-15-8-16(26(32,33)34)10-17(9-15)27(35,36)37)18-11-21(42-4)22(43-5)12-20(18)39(14)24(41)45-25(2,3)28(29,30)31/h8-12,14,19H,7,13H2,1-6H3. The van der Waals surface area contributed by atoms with Crippen molar-refractivity contribution in [1.29, 1.82) is 0 Å². The van der Waals surface area contributed by atoms with Crippen LogP contribution in [0.3, 0.4) is 0 Å². The number of hydrogen-bond acceptors (Lipinski definition) is 6. The van der Waals surface area contributed by atoms with Crippen LogP contribution in [0.1, 0.15) is 55.5 Å². The number of alkyl halides is 9. The summed E-state index contributed by atoms with van der Waals surface area (Å²) in [4.78, 5) is 28.9. The summed E-state index contributed by atoms with van der Waals surface area (Å²) < 4.78 is 101. The van der Waals surface area contributed by atoms with E-state index in [1.165, 1.54) is 45.1 Å². The number of ether oxygens (including phenoxy) is 4. The van der Waals surface area contributed by atoms with Gasteiger partial charge in [0.2, 0.25) is 3.79 Å². The summed E-state index contributed by atoms with van der Waals surface area (Å²) in [6.45, 7) is 3.59. The summed E-state index contributed by atoms with van der Waals surface area (Å²) in [5.74, 6) is 0.300. The van der Waals surface area contributed by atoms with Crippen molar-refractivity contribution in [1.82, 2.24) is 4.90 Å². The van der Waals surface area contributed by atoms with Gasteiger partial charge >= 0.3 is 24.5 Å². The molecule has 2 atom stereocenters. The number of rotatable bonds is 6. The first-order valence-electron chi connectivity index (χ1n) is 13.0. The second-order valence-corrected chi connectivity index (χ2v) is 12.9. The molecular weight excluding hydrogens is 681 g/mol. The summed E-state index contributed by atoms with van der Waals surface area (Å²) in [6, 6.07) is 2.01. The van der Waals surface area contributed by atoms with Crippen LogP contribution in [0.2, 0.25) is 0 Å². The molecule has 0 aliphatic carbocycles. The summed E-state index contributed by atoms with van der Waals surface area (Å²) in [5, 5.41) is 0. The molecule has 0 radical (unpaired) electrons. The Balaban J connectivity index is 2.21. The van der Waals surface area contributed by atoms with Crippen LogP contribution in [0.15, 0.2) is 30.3 Å². The first-order chi connectivity index (χ1) is 20.5. The number of anilines is 1. The van der Waals surface area contributed by atoms with Crippen LogP contribution in [0.5, 0.6) is 11.5 Å². The molecule has 0 saturated carbocycles. The second kappa shape index (κ2) is 13.0. The van der Waals surface area contributed by atoms with Crippen LogP contribution in [0.25, 0.3) is 0 Å². The van der Waals surface area contributed by atoms with Gasteiger partial charge in [0, 0.05) is 24.2 Å². The van der Waals surface area contributed by atoms with Crippen LogP contribution in [0, 0.1) is 0 Å². The van der Waals surface area contributed by atoms with Crippen molar-refractivity contribution in [3.05, 3.63) is 52.6 Å². The molecule has 45 heavy (non-hydrogen) atoms. The van der Waals surface area contributed by atoms with Crippen molar-refractivity contribution >= 4 is 52.7 Å². The van der Waals surface area contributed by atoms with Gasteiger partial charge in [-0.1, -0.05) is 34.8 Å². The van der Waals surface area contributed by atoms with Crippen LogP contribution in [-0.2, 0) is 28.4 Å². The third kappa shape index (κ3) is 7.89. The van der Waals surface area contributed by atoms with Gasteiger partial charge < -0.3 is 18.9 Å². The molecule has 0 bridgehead atoms. The van der Waals surface area contributed by atoms with Gasteiger partial charge in [0.15, 0.2) is 17.1 Å². The first-order valence-corrected chi connectivity index (χ1v) is 14.2. The number of benzene rings is 2. The van der Waals surface area contributed by atoms with Crippen LogP contribution in [-0.4, -0.2) is 53.9 Å². The number of halogens is 9. The van der Waals surface area contributed by atoms with Crippen LogP contribution < -0.4 is 14.4 Å². The van der Waals surface area contributed by atoms with Gasteiger partial charge in [-0.15, -0.1) is 0 Å². The van der Waals surface area contributed by atoms with E-state index in [1.807, 2.05) is 0 Å². The van der Waals surface area contributed by atoms with Crippen molar-refractivity contribution in [3.8, 4) is 11.5 Å². The smallest absolute Gasteiger partial charge is 0.416 e. The Kier molecular flexibility index (Phi) is 10.6. The van der Waals surface area contributed by atoms with Crippen LogP contribution in [0.4, 0.5) is 41.6 Å². The average molecular weight is 710 g/mol. The molecule has 0 N–H and O–H groups in total. The van der Waals surface area contributed by atoms with Gasteiger partial charge in [-0.05, 0) is 57.0 Å². The number of carbonyl (C=O) groups excluding carboxylic acids is 2. The van der Waals surface area contributed by atoms with Gasteiger partial charge in [0.25, 0.3) is 0 Å². The predicted octanol–water partition coefficient (Wildman–Crippen LogP) is 8.94. The molecule has 2 aromatic rings. The number of carbonyl (C=O) groups is 2. The highest BCUT2D eigenvalue weighted by atomic mass is 35.6. The summed E-state index contributed by atoms with van der Waals surface area (Å²) >= 11 is 18.0. The second-order valence-electron chi connectivity index (χ2n) is 10.6. The van der Waals surface area contributed by atoms with Crippen molar-refractivity contribution in [3.63, 3.8) is 0 Å². The summed E-state index contributed by atoms with van der Waals surface area (Å²) in [5.41, 5.74) is -4.86. The fourth-order valence-electron chi connectivity index (χ4n) is 4.78. The van der Waals surface area contributed by atoms with E-state index in [-0.39, 0.29) is 35.2 Å². The Morgan fingerprint density at radius 3 is 1.84 bits per heavy atom. The lowest BCUT2D eigenvalue weighted by atomic mass is 9.90. The van der Waals surface area contributed by atoms with Crippen LogP contribution >= 0.6 is 34.8 Å². The molecule has 250 valence electrons. The normalized spacial score (nSPS) is 17.4. The van der Waals surface area contributed by atoms with Gasteiger partial charge in [-0.3, -0.25) is 9.80 Å². The molecule has 1 heterocycles. The zero-order valence-electron chi connectivity index (χ0n) is 24.7. The fraction of sp³-hybridized carbons (Fsp3) is 0.500. The molecule has 3 rings (SSSR count). The van der Waals surface area contributed by atoms with Gasteiger partial charge in [-0.25, -0.2) is 9.59 Å². The Morgan fingerprint density at radius 1 is 0.889 bits per heavy atom. The van der Waals surface area contributed by atoms with E-state index >= 15 is 0 Å². The lowest BCUT2D eigenvalue weighted by Gasteiger charge is -2.44. The Hall–Kier alpha value is -2.97. The Labute approximate surface area is 270 Å². The maximum atomic E-state index is 13.6. The van der Waals surface area contributed by atoms with E-state index < -0.39 is 69.3 Å².